The fourth-order valence-electron chi connectivity index (χ4n) is 0.964. The van der Waals surface area contributed by atoms with Gasteiger partial charge in [-0.05, 0) is 13.0 Å². The molecule has 0 spiro atoms. The number of hydrogen-bond acceptors (Lipinski definition) is 12. The average Bonchev–Trinajstić information content (AvgIpc) is 2.46. The van der Waals surface area contributed by atoms with Crippen molar-refractivity contribution in [2.75, 3.05) is 19.2 Å². The number of aryl methyl sites for hydroxylation is 1. The molecule has 0 fully saturated rings. The van der Waals surface area contributed by atoms with Crippen LogP contribution in [-0.2, 0) is 20.6 Å². The Kier molecular flexibility index (Phi) is 9.88. The molecule has 1 aromatic rings. The Bertz CT molecular complexity index is 549. The Balaban J connectivity index is 0.000000463. The Labute approximate surface area is 138 Å². The number of nitrogens with one attached hydrogen (secondary N) is 1. The van der Waals surface area contributed by atoms with E-state index in [1.165, 1.54) is 23.9 Å². The van der Waals surface area contributed by atoms with Crippen LogP contribution in [0.5, 0.6) is 0 Å². The van der Waals surface area contributed by atoms with Gasteiger partial charge < -0.3 is 9.30 Å². The lowest BCUT2D eigenvalue weighted by molar-refractivity contribution is 0.0461. The second kappa shape index (κ2) is 10.2. The minimum atomic E-state index is -4.72. The lowest BCUT2D eigenvalue weighted by atomic mass is 10.4. The molecule has 1 rings (SSSR count). The average molecular weight is 393 g/mol. The molecule has 1 heterocycles. The summed E-state index contributed by atoms with van der Waals surface area (Å²) in [4.78, 5) is 57.1. The highest BCUT2D eigenvalue weighted by molar-refractivity contribution is 7.67. The van der Waals surface area contributed by atoms with Crippen LogP contribution in [0.1, 0.15) is 6.92 Å². The van der Waals surface area contributed by atoms with Crippen molar-refractivity contribution in [3.8, 4) is 0 Å². The van der Waals surface area contributed by atoms with Crippen LogP contribution in [0.3, 0.4) is 0 Å². The summed E-state index contributed by atoms with van der Waals surface area (Å²) in [5.74, 6) is 0.156. The third kappa shape index (κ3) is 10.9. The zero-order valence-corrected chi connectivity index (χ0v) is 14.8. The van der Waals surface area contributed by atoms with Crippen LogP contribution in [0.4, 0.5) is 5.82 Å². The smallest absolute Gasteiger partial charge is 0.379 e. The van der Waals surface area contributed by atoms with Crippen molar-refractivity contribution in [1.29, 1.82) is 0 Å². The van der Waals surface area contributed by atoms with E-state index in [0.717, 1.165) is 0 Å². The molecule has 0 saturated heterocycles. The number of aromatic nitrogens is 2. The highest BCUT2D eigenvalue weighted by Gasteiger charge is 2.58. The van der Waals surface area contributed by atoms with Gasteiger partial charge in [0.1, 0.15) is 6.61 Å². The standard InChI is InChI=1S/C5H7N3O2.C4H14O8P2/c1-8-3-2-4(7-10)6-5(8)9;1-4(10-2)3-11-14(8,9)12-13(5,6)7/h2-3,10H,1H3,(H,6,7,9);4-9H,3H2,1-2H3/q;+2. The topological polar surface area (TPSA) is 196 Å². The van der Waals surface area contributed by atoms with Crippen molar-refractivity contribution in [2.45, 2.75) is 13.0 Å². The molecule has 140 valence electrons. The third-order valence-electron chi connectivity index (χ3n) is 2.18. The van der Waals surface area contributed by atoms with E-state index in [1.54, 1.807) is 19.5 Å². The monoisotopic (exact) mass is 393 g/mol. The lowest BCUT2D eigenvalue weighted by Crippen LogP contribution is -2.19. The summed E-state index contributed by atoms with van der Waals surface area (Å²) >= 11 is 0. The molecule has 1 unspecified atom stereocenters. The maximum absolute atomic E-state index is 10.7. The zero-order valence-electron chi connectivity index (χ0n) is 13.0. The summed E-state index contributed by atoms with van der Waals surface area (Å²) in [7, 11) is -6.17. The van der Waals surface area contributed by atoms with Crippen molar-refractivity contribution in [1.82, 2.24) is 9.55 Å². The highest BCUT2D eigenvalue weighted by atomic mass is 31.3. The minimum Gasteiger partial charge on any atom is -0.379 e. The normalized spacial score (nSPS) is 13.0. The van der Waals surface area contributed by atoms with Gasteiger partial charge in [-0.3, -0.25) is 10.7 Å². The summed E-state index contributed by atoms with van der Waals surface area (Å²) in [5, 5.41) is 8.29. The molecule has 13 nitrogen and oxygen atoms in total. The van der Waals surface area contributed by atoms with E-state index in [4.69, 9.17) is 34.4 Å². The zero-order chi connectivity index (χ0) is 19.0. The lowest BCUT2D eigenvalue weighted by Gasteiger charge is -2.10. The first-order valence-electron chi connectivity index (χ1n) is 6.14. The van der Waals surface area contributed by atoms with Crippen LogP contribution in [0.2, 0.25) is 0 Å². The van der Waals surface area contributed by atoms with Gasteiger partial charge in [0.05, 0.1) is 10.4 Å². The fraction of sp³-hybridized carbons (Fsp3) is 0.556. The van der Waals surface area contributed by atoms with E-state index >= 15 is 0 Å². The first-order valence-corrected chi connectivity index (χ1v) is 9.24. The number of hydrogen-bond donors (Lipinski definition) is 7. The van der Waals surface area contributed by atoms with E-state index < -0.39 is 28.1 Å². The van der Waals surface area contributed by atoms with Crippen LogP contribution in [-0.4, -0.2) is 59.0 Å². The third-order valence-corrected chi connectivity index (χ3v) is 4.40. The first-order chi connectivity index (χ1) is 10.9. The molecule has 0 amide bonds. The molecule has 1 atom stereocenters. The van der Waals surface area contributed by atoms with Gasteiger partial charge in [0.2, 0.25) is 0 Å². The number of nitrogens with zero attached hydrogens (tertiary/aromatic N) is 2. The van der Waals surface area contributed by atoms with Gasteiger partial charge in [0, 0.05) is 20.4 Å². The summed E-state index contributed by atoms with van der Waals surface area (Å²) in [5.41, 5.74) is 1.37. The number of anilines is 1. The van der Waals surface area contributed by atoms with Crippen LogP contribution < -0.4 is 11.2 Å². The van der Waals surface area contributed by atoms with Gasteiger partial charge in [-0.2, -0.15) is 29.5 Å². The van der Waals surface area contributed by atoms with Crippen molar-refractivity contribution in [2.24, 2.45) is 7.05 Å². The van der Waals surface area contributed by atoms with Gasteiger partial charge in [0.25, 0.3) is 0 Å². The van der Waals surface area contributed by atoms with Gasteiger partial charge in [-0.1, -0.05) is 0 Å². The van der Waals surface area contributed by atoms with Crippen molar-refractivity contribution < 1.29 is 43.2 Å². The number of ether oxygens (including phenoxy) is 1. The summed E-state index contributed by atoms with van der Waals surface area (Å²) < 4.78 is 14.1. The fourth-order valence-corrected chi connectivity index (χ4v) is 2.70. The van der Waals surface area contributed by atoms with Crippen molar-refractivity contribution >= 4 is 22.2 Å². The predicted octanol–water partition coefficient (Wildman–Crippen LogP) is -1.05. The van der Waals surface area contributed by atoms with Crippen molar-refractivity contribution in [3.63, 3.8) is 0 Å². The second-order valence-electron chi connectivity index (χ2n) is 4.25. The molecular weight excluding hydrogens is 372 g/mol. The maximum Gasteiger partial charge on any atom is 0.620 e. The van der Waals surface area contributed by atoms with E-state index in [9.17, 15) is 4.79 Å². The van der Waals surface area contributed by atoms with Gasteiger partial charge in [0.15, 0.2) is 5.82 Å². The molecule has 0 aromatic carbocycles. The van der Waals surface area contributed by atoms with Crippen LogP contribution in [0.15, 0.2) is 17.1 Å². The molecular formula is C9H21N3O10P2+2. The molecule has 24 heavy (non-hydrogen) atoms. The maximum atomic E-state index is 10.7. The minimum absolute atomic E-state index is 0.156. The SMILES string of the molecule is COC(C)CO[P+](O)(O)O[P+](O)(O)O.Cn1ccc(NO)nc1=O. The quantitative estimate of drug-likeness (QED) is 0.220. The van der Waals surface area contributed by atoms with Gasteiger partial charge >= 0.3 is 22.0 Å². The van der Waals surface area contributed by atoms with Crippen LogP contribution >= 0.6 is 16.3 Å². The molecule has 0 aliphatic carbocycles. The molecule has 0 radical (unpaired) electrons. The molecule has 15 heteroatoms. The molecule has 7 N–H and O–H groups in total. The predicted molar refractivity (Wildman–Crippen MR) is 83.3 cm³/mol. The molecule has 0 saturated carbocycles. The van der Waals surface area contributed by atoms with Crippen molar-refractivity contribution in [3.05, 3.63) is 22.7 Å². The number of rotatable bonds is 7. The molecule has 1 aromatic heterocycles. The van der Waals surface area contributed by atoms with Crippen LogP contribution in [0.25, 0.3) is 0 Å². The van der Waals surface area contributed by atoms with E-state index in [-0.39, 0.29) is 12.4 Å². The number of methoxy groups -OCH3 is 1. The molecule has 0 aliphatic heterocycles. The Morgan fingerprint density at radius 3 is 2.33 bits per heavy atom. The molecule has 0 aliphatic rings. The first kappa shape index (κ1) is 23.2. The largest absolute Gasteiger partial charge is 0.620 e. The Morgan fingerprint density at radius 2 is 1.92 bits per heavy atom. The van der Waals surface area contributed by atoms with E-state index in [2.05, 4.69) is 13.8 Å². The summed E-state index contributed by atoms with van der Waals surface area (Å²) in [6.45, 7) is 1.36. The van der Waals surface area contributed by atoms with E-state index in [1.807, 2.05) is 0 Å². The summed E-state index contributed by atoms with van der Waals surface area (Å²) in [6.07, 6.45) is 1.08. The summed E-state index contributed by atoms with van der Waals surface area (Å²) in [6, 6.07) is 1.49. The Hall–Kier alpha value is -0.820. The van der Waals surface area contributed by atoms with Crippen LogP contribution in [0, 0.1) is 0 Å². The van der Waals surface area contributed by atoms with Gasteiger partial charge in [-0.15, -0.1) is 4.52 Å². The molecule has 0 bridgehead atoms. The van der Waals surface area contributed by atoms with E-state index in [0.29, 0.717) is 0 Å². The highest BCUT2D eigenvalue weighted by Crippen LogP contribution is 2.67. The second-order valence-corrected chi connectivity index (χ2v) is 7.16. The van der Waals surface area contributed by atoms with Gasteiger partial charge in [-0.25, -0.2) is 4.79 Å². The Morgan fingerprint density at radius 1 is 1.33 bits per heavy atom.